The quantitative estimate of drug-likeness (QED) is 0.651. The summed E-state index contributed by atoms with van der Waals surface area (Å²) < 4.78 is 0. The number of carbonyl (C=O) groups excluding carboxylic acids is 1. The van der Waals surface area contributed by atoms with Crippen molar-refractivity contribution in [3.8, 4) is 0 Å². The van der Waals surface area contributed by atoms with E-state index in [0.29, 0.717) is 16.3 Å². The predicted molar refractivity (Wildman–Crippen MR) is 43.7 cm³/mol. The van der Waals surface area contributed by atoms with Gasteiger partial charge < -0.3 is 5.73 Å². The molecule has 0 saturated carbocycles. The molecule has 0 aliphatic carbocycles. The van der Waals surface area contributed by atoms with Gasteiger partial charge >= 0.3 is 0 Å². The Labute approximate surface area is 69.2 Å². The number of anilines is 1. The molecule has 0 aliphatic heterocycles. The normalized spacial score (nSPS) is 9.64. The van der Waals surface area contributed by atoms with Gasteiger partial charge in [0.15, 0.2) is 5.78 Å². The zero-order valence-electron chi connectivity index (χ0n) is 5.97. The molecule has 0 saturated heterocycles. The van der Waals surface area contributed by atoms with E-state index in [1.165, 1.54) is 19.3 Å². The number of hydrogen-bond acceptors (Lipinski definition) is 3. The number of halogens is 1. The minimum atomic E-state index is -0.127. The van der Waals surface area contributed by atoms with E-state index in [1.54, 1.807) is 0 Å². The minimum Gasteiger partial charge on any atom is -0.397 e. The van der Waals surface area contributed by atoms with E-state index in [9.17, 15) is 4.79 Å². The molecule has 4 heteroatoms. The Morgan fingerprint density at radius 1 is 1.64 bits per heavy atom. The zero-order valence-corrected chi connectivity index (χ0v) is 6.72. The van der Waals surface area contributed by atoms with Crippen LogP contribution in [-0.4, -0.2) is 10.8 Å². The number of hydrogen-bond donors (Lipinski definition) is 1. The molecule has 58 valence electrons. The highest BCUT2D eigenvalue weighted by Gasteiger charge is 2.06. The Balaban J connectivity index is 3.27. The van der Waals surface area contributed by atoms with Crippen LogP contribution in [0.5, 0.6) is 0 Å². The van der Waals surface area contributed by atoms with Crippen LogP contribution in [0.3, 0.4) is 0 Å². The molecule has 11 heavy (non-hydrogen) atoms. The molecule has 1 heterocycles. The number of nitrogens with two attached hydrogens (primary N) is 1. The number of aromatic nitrogens is 1. The van der Waals surface area contributed by atoms with Gasteiger partial charge in [0, 0.05) is 12.4 Å². The van der Waals surface area contributed by atoms with Crippen LogP contribution in [0.2, 0.25) is 5.02 Å². The van der Waals surface area contributed by atoms with Gasteiger partial charge in [-0.3, -0.25) is 9.78 Å². The summed E-state index contributed by atoms with van der Waals surface area (Å²) in [4.78, 5) is 14.6. The van der Waals surface area contributed by atoms with Crippen LogP contribution < -0.4 is 5.73 Å². The van der Waals surface area contributed by atoms with Crippen LogP contribution >= 0.6 is 11.6 Å². The summed E-state index contributed by atoms with van der Waals surface area (Å²) in [6.07, 6.45) is 2.81. The molecule has 0 aromatic carbocycles. The molecule has 1 aromatic heterocycles. The van der Waals surface area contributed by atoms with Crippen molar-refractivity contribution in [2.45, 2.75) is 6.92 Å². The van der Waals surface area contributed by atoms with Crippen LogP contribution in [0.15, 0.2) is 12.4 Å². The Morgan fingerprint density at radius 3 is 2.73 bits per heavy atom. The molecule has 0 radical (unpaired) electrons. The second-order valence-corrected chi connectivity index (χ2v) is 2.55. The van der Waals surface area contributed by atoms with Gasteiger partial charge in [-0.2, -0.15) is 0 Å². The lowest BCUT2D eigenvalue weighted by molar-refractivity contribution is 0.101. The van der Waals surface area contributed by atoms with Crippen molar-refractivity contribution in [1.29, 1.82) is 0 Å². The molecule has 1 aromatic rings. The first-order valence-corrected chi connectivity index (χ1v) is 3.40. The van der Waals surface area contributed by atoms with Crippen molar-refractivity contribution in [3.05, 3.63) is 23.0 Å². The first kappa shape index (κ1) is 8.01. The maximum atomic E-state index is 10.8. The highest BCUT2D eigenvalue weighted by Crippen LogP contribution is 2.20. The number of pyridine rings is 1. The molecule has 0 atom stereocenters. The van der Waals surface area contributed by atoms with Gasteiger partial charge in [0.1, 0.15) is 0 Å². The van der Waals surface area contributed by atoms with Gasteiger partial charge in [-0.25, -0.2) is 0 Å². The number of rotatable bonds is 1. The largest absolute Gasteiger partial charge is 0.397 e. The Morgan fingerprint density at radius 2 is 2.27 bits per heavy atom. The van der Waals surface area contributed by atoms with E-state index >= 15 is 0 Å². The Kier molecular flexibility index (Phi) is 2.10. The predicted octanol–water partition coefficient (Wildman–Crippen LogP) is 1.52. The number of nitrogens with zero attached hydrogens (tertiary/aromatic N) is 1. The standard InChI is InChI=1S/C7H7ClN2O/c1-4(11)5-2-10-3-6(8)7(5)9/h2-3H,1H3,(H2,9,10). The topological polar surface area (TPSA) is 56.0 Å². The highest BCUT2D eigenvalue weighted by atomic mass is 35.5. The summed E-state index contributed by atoms with van der Waals surface area (Å²) in [5.41, 5.74) is 6.16. The maximum Gasteiger partial charge on any atom is 0.163 e. The number of nitrogen functional groups attached to an aromatic ring is 1. The molecule has 0 amide bonds. The average Bonchev–Trinajstić information content (AvgIpc) is 1.94. The van der Waals surface area contributed by atoms with Crippen molar-refractivity contribution >= 4 is 23.1 Å². The third-order valence-corrected chi connectivity index (χ3v) is 1.62. The van der Waals surface area contributed by atoms with E-state index in [1.807, 2.05) is 0 Å². The first-order valence-electron chi connectivity index (χ1n) is 3.03. The van der Waals surface area contributed by atoms with Gasteiger partial charge in [-0.1, -0.05) is 11.6 Å². The van der Waals surface area contributed by atoms with E-state index < -0.39 is 0 Å². The second-order valence-electron chi connectivity index (χ2n) is 2.14. The number of ketones is 1. The van der Waals surface area contributed by atoms with E-state index in [-0.39, 0.29) is 5.78 Å². The van der Waals surface area contributed by atoms with Crippen LogP contribution in [0.4, 0.5) is 5.69 Å². The SMILES string of the molecule is CC(=O)c1cncc(Cl)c1N. The summed E-state index contributed by atoms with van der Waals surface area (Å²) >= 11 is 5.62. The van der Waals surface area contributed by atoms with Crippen LogP contribution in [0.1, 0.15) is 17.3 Å². The molecule has 3 nitrogen and oxygen atoms in total. The summed E-state index contributed by atoms with van der Waals surface area (Å²) in [5, 5.41) is 0.317. The van der Waals surface area contributed by atoms with Crippen molar-refractivity contribution in [2.75, 3.05) is 5.73 Å². The van der Waals surface area contributed by atoms with Crippen molar-refractivity contribution < 1.29 is 4.79 Å². The third-order valence-electron chi connectivity index (χ3n) is 1.32. The van der Waals surface area contributed by atoms with Gasteiger partial charge in [-0.15, -0.1) is 0 Å². The highest BCUT2D eigenvalue weighted by molar-refractivity contribution is 6.33. The van der Waals surface area contributed by atoms with E-state index in [4.69, 9.17) is 17.3 Å². The molecule has 0 fully saturated rings. The van der Waals surface area contributed by atoms with Crippen LogP contribution in [0.25, 0.3) is 0 Å². The Bertz CT molecular complexity index is 298. The van der Waals surface area contributed by atoms with Crippen LogP contribution in [0, 0.1) is 0 Å². The molecule has 1 rings (SSSR count). The minimum absolute atomic E-state index is 0.127. The van der Waals surface area contributed by atoms with E-state index in [0.717, 1.165) is 0 Å². The molecule has 0 bridgehead atoms. The smallest absolute Gasteiger partial charge is 0.163 e. The average molecular weight is 171 g/mol. The Hall–Kier alpha value is -1.09. The maximum absolute atomic E-state index is 10.8. The summed E-state index contributed by atoms with van der Waals surface area (Å²) in [6.45, 7) is 1.42. The lowest BCUT2D eigenvalue weighted by Crippen LogP contribution is -2.00. The van der Waals surface area contributed by atoms with Crippen molar-refractivity contribution in [3.63, 3.8) is 0 Å². The fourth-order valence-electron chi connectivity index (χ4n) is 0.726. The van der Waals surface area contributed by atoms with Crippen molar-refractivity contribution in [1.82, 2.24) is 4.98 Å². The molecule has 0 aliphatic rings. The fourth-order valence-corrected chi connectivity index (χ4v) is 0.884. The fraction of sp³-hybridized carbons (Fsp3) is 0.143. The zero-order chi connectivity index (χ0) is 8.43. The number of Topliss-reactive ketones (excluding diaryl/α,β-unsaturated/α-hetero) is 1. The summed E-state index contributed by atoms with van der Waals surface area (Å²) in [5.74, 6) is -0.127. The van der Waals surface area contributed by atoms with Crippen LogP contribution in [-0.2, 0) is 0 Å². The molecule has 0 spiro atoms. The summed E-state index contributed by atoms with van der Waals surface area (Å²) in [6, 6.07) is 0. The third kappa shape index (κ3) is 1.49. The van der Waals surface area contributed by atoms with Gasteiger partial charge in [0.25, 0.3) is 0 Å². The van der Waals surface area contributed by atoms with Gasteiger partial charge in [0.2, 0.25) is 0 Å². The van der Waals surface area contributed by atoms with Gasteiger partial charge in [-0.05, 0) is 6.92 Å². The lowest BCUT2D eigenvalue weighted by atomic mass is 10.2. The second kappa shape index (κ2) is 2.88. The first-order chi connectivity index (χ1) is 5.13. The lowest BCUT2D eigenvalue weighted by Gasteiger charge is -2.00. The molecule has 2 N–H and O–H groups in total. The summed E-state index contributed by atoms with van der Waals surface area (Å²) in [7, 11) is 0. The molecule has 0 unspecified atom stereocenters. The van der Waals surface area contributed by atoms with Crippen molar-refractivity contribution in [2.24, 2.45) is 0 Å². The monoisotopic (exact) mass is 170 g/mol. The molecular formula is C7H7ClN2O. The number of carbonyl (C=O) groups is 1. The molecular weight excluding hydrogens is 164 g/mol. The van der Waals surface area contributed by atoms with Gasteiger partial charge in [0.05, 0.1) is 16.3 Å². The van der Waals surface area contributed by atoms with E-state index in [2.05, 4.69) is 4.98 Å².